The van der Waals surface area contributed by atoms with E-state index in [-0.39, 0.29) is 5.91 Å². The van der Waals surface area contributed by atoms with E-state index in [0.29, 0.717) is 11.5 Å². The Bertz CT molecular complexity index is 856. The maximum atomic E-state index is 12.5. The number of aromatic nitrogens is 2. The molecule has 3 aromatic rings. The van der Waals surface area contributed by atoms with Gasteiger partial charge >= 0.3 is 0 Å². The Kier molecular flexibility index (Phi) is 4.75. The summed E-state index contributed by atoms with van der Waals surface area (Å²) in [7, 11) is 1.89. The number of aryl methyl sites for hydroxylation is 2. The Morgan fingerprint density at radius 2 is 1.52 bits per heavy atom. The van der Waals surface area contributed by atoms with Crippen molar-refractivity contribution in [1.82, 2.24) is 9.97 Å². The van der Waals surface area contributed by atoms with Crippen LogP contribution in [0.15, 0.2) is 60.9 Å². The molecule has 126 valence electrons. The van der Waals surface area contributed by atoms with E-state index in [1.165, 1.54) is 0 Å². The van der Waals surface area contributed by atoms with Crippen LogP contribution in [0.5, 0.6) is 0 Å². The number of nitrogens with zero attached hydrogens (tertiary/aromatic N) is 3. The first-order valence-corrected chi connectivity index (χ1v) is 8.04. The van der Waals surface area contributed by atoms with Crippen LogP contribution in [0.25, 0.3) is 0 Å². The predicted octanol–water partition coefficient (Wildman–Crippen LogP) is 4.11. The molecule has 1 aromatic heterocycles. The molecule has 5 heteroatoms. The van der Waals surface area contributed by atoms with Gasteiger partial charge in [-0.05, 0) is 37.1 Å². The van der Waals surface area contributed by atoms with Crippen molar-refractivity contribution in [2.24, 2.45) is 0 Å². The minimum atomic E-state index is -0.216. The lowest BCUT2D eigenvalue weighted by Gasteiger charge is -2.17. The number of para-hydroxylation sites is 2. The number of hydrogen-bond donors (Lipinski definition) is 1. The fraction of sp³-hybridized carbons (Fsp3) is 0.150. The minimum Gasteiger partial charge on any atom is -0.321 e. The largest absolute Gasteiger partial charge is 0.321 e. The van der Waals surface area contributed by atoms with Crippen LogP contribution >= 0.6 is 0 Å². The number of rotatable bonds is 4. The van der Waals surface area contributed by atoms with Crippen LogP contribution < -0.4 is 10.2 Å². The summed E-state index contributed by atoms with van der Waals surface area (Å²) < 4.78 is 0. The summed E-state index contributed by atoms with van der Waals surface area (Å²) in [5, 5.41) is 2.94. The molecule has 1 N–H and O–H groups in total. The number of nitrogens with one attached hydrogen (secondary N) is 1. The molecule has 0 unspecified atom stereocenters. The van der Waals surface area contributed by atoms with Gasteiger partial charge in [0.15, 0.2) is 0 Å². The molecule has 0 fully saturated rings. The van der Waals surface area contributed by atoms with E-state index in [0.717, 1.165) is 22.5 Å². The van der Waals surface area contributed by atoms with Gasteiger partial charge in [0.1, 0.15) is 0 Å². The van der Waals surface area contributed by atoms with Crippen molar-refractivity contribution in [2.75, 3.05) is 17.3 Å². The highest BCUT2D eigenvalue weighted by Gasteiger charge is 2.12. The first kappa shape index (κ1) is 16.6. The third-order valence-corrected chi connectivity index (χ3v) is 4.06. The zero-order valence-electron chi connectivity index (χ0n) is 14.5. The maximum Gasteiger partial charge on any atom is 0.258 e. The van der Waals surface area contributed by atoms with Crippen molar-refractivity contribution in [3.63, 3.8) is 0 Å². The fourth-order valence-corrected chi connectivity index (χ4v) is 2.58. The van der Waals surface area contributed by atoms with Gasteiger partial charge in [-0.1, -0.05) is 36.4 Å². The highest BCUT2D eigenvalue weighted by atomic mass is 16.1. The summed E-state index contributed by atoms with van der Waals surface area (Å²) in [6.45, 7) is 3.94. The quantitative estimate of drug-likeness (QED) is 0.781. The van der Waals surface area contributed by atoms with Gasteiger partial charge in [0.05, 0.1) is 5.56 Å². The second kappa shape index (κ2) is 7.13. The van der Waals surface area contributed by atoms with Crippen molar-refractivity contribution in [2.45, 2.75) is 13.8 Å². The van der Waals surface area contributed by atoms with Crippen LogP contribution in [0.4, 0.5) is 17.3 Å². The Balaban J connectivity index is 1.77. The van der Waals surface area contributed by atoms with Crippen molar-refractivity contribution < 1.29 is 4.79 Å². The van der Waals surface area contributed by atoms with E-state index in [1.807, 2.05) is 74.3 Å². The number of hydrogen-bond acceptors (Lipinski definition) is 4. The van der Waals surface area contributed by atoms with Crippen LogP contribution in [0.2, 0.25) is 0 Å². The van der Waals surface area contributed by atoms with Crippen molar-refractivity contribution >= 4 is 23.2 Å². The van der Waals surface area contributed by atoms with E-state index in [1.54, 1.807) is 12.4 Å². The third-order valence-electron chi connectivity index (χ3n) is 4.06. The third kappa shape index (κ3) is 3.66. The van der Waals surface area contributed by atoms with Crippen LogP contribution in [-0.2, 0) is 0 Å². The summed E-state index contributed by atoms with van der Waals surface area (Å²) in [4.78, 5) is 23.0. The molecule has 2 aromatic carbocycles. The molecular weight excluding hydrogens is 312 g/mol. The highest BCUT2D eigenvalue weighted by Crippen LogP contribution is 2.21. The summed E-state index contributed by atoms with van der Waals surface area (Å²) in [6.07, 6.45) is 3.09. The molecule has 0 bridgehead atoms. The molecule has 0 atom stereocenters. The monoisotopic (exact) mass is 332 g/mol. The zero-order chi connectivity index (χ0) is 17.8. The molecule has 0 radical (unpaired) electrons. The van der Waals surface area contributed by atoms with Gasteiger partial charge in [0.2, 0.25) is 5.95 Å². The van der Waals surface area contributed by atoms with Gasteiger partial charge in [0, 0.05) is 30.8 Å². The van der Waals surface area contributed by atoms with E-state index in [4.69, 9.17) is 0 Å². The van der Waals surface area contributed by atoms with Crippen LogP contribution in [0.3, 0.4) is 0 Å². The molecule has 0 spiro atoms. The first-order valence-electron chi connectivity index (χ1n) is 8.04. The average molecular weight is 332 g/mol. The number of benzene rings is 2. The maximum absolute atomic E-state index is 12.5. The molecule has 0 saturated heterocycles. The van der Waals surface area contributed by atoms with Crippen molar-refractivity contribution in [3.05, 3.63) is 77.6 Å². The molecule has 5 nitrogen and oxygen atoms in total. The molecule has 0 saturated carbocycles. The molecule has 25 heavy (non-hydrogen) atoms. The summed E-state index contributed by atoms with van der Waals surface area (Å²) in [5.74, 6) is 0.320. The second-order valence-electron chi connectivity index (χ2n) is 5.89. The van der Waals surface area contributed by atoms with Gasteiger partial charge in [0.25, 0.3) is 5.91 Å². The number of carbonyl (C=O) groups is 1. The van der Waals surface area contributed by atoms with Crippen LogP contribution in [0, 0.1) is 13.8 Å². The SMILES string of the molecule is Cc1cccc(C)c1NC(=O)c1cnc(N(C)c2ccccc2)nc1. The lowest BCUT2D eigenvalue weighted by molar-refractivity contribution is 0.102. The highest BCUT2D eigenvalue weighted by molar-refractivity contribution is 6.04. The van der Waals surface area contributed by atoms with Gasteiger partial charge < -0.3 is 10.2 Å². The van der Waals surface area contributed by atoms with E-state index in [2.05, 4.69) is 15.3 Å². The van der Waals surface area contributed by atoms with Gasteiger partial charge in [-0.15, -0.1) is 0 Å². The Hall–Kier alpha value is -3.21. The average Bonchev–Trinajstić information content (AvgIpc) is 2.65. The molecule has 1 heterocycles. The molecular formula is C20H20N4O. The van der Waals surface area contributed by atoms with Gasteiger partial charge in [-0.3, -0.25) is 4.79 Å². The summed E-state index contributed by atoms with van der Waals surface area (Å²) in [6, 6.07) is 15.7. The van der Waals surface area contributed by atoms with Gasteiger partial charge in [-0.2, -0.15) is 0 Å². The lowest BCUT2D eigenvalue weighted by atomic mass is 10.1. The van der Waals surface area contributed by atoms with Crippen molar-refractivity contribution in [3.8, 4) is 0 Å². The normalized spacial score (nSPS) is 10.4. The molecule has 3 rings (SSSR count). The predicted molar refractivity (Wildman–Crippen MR) is 100 cm³/mol. The van der Waals surface area contributed by atoms with Crippen molar-refractivity contribution in [1.29, 1.82) is 0 Å². The first-order chi connectivity index (χ1) is 12.1. The summed E-state index contributed by atoms with van der Waals surface area (Å²) >= 11 is 0. The Morgan fingerprint density at radius 1 is 0.920 bits per heavy atom. The molecule has 1 amide bonds. The van der Waals surface area contributed by atoms with Gasteiger partial charge in [-0.25, -0.2) is 9.97 Å². The number of amides is 1. The molecule has 0 aliphatic carbocycles. The Labute approximate surface area is 147 Å². The van der Waals surface area contributed by atoms with Crippen LogP contribution in [0.1, 0.15) is 21.5 Å². The lowest BCUT2D eigenvalue weighted by Crippen LogP contribution is -2.17. The standard InChI is InChI=1S/C20H20N4O/c1-14-8-7-9-15(2)18(14)23-19(25)16-12-21-20(22-13-16)24(3)17-10-5-4-6-11-17/h4-13H,1-3H3,(H,23,25). The number of anilines is 3. The van der Waals surface area contributed by atoms with E-state index in [9.17, 15) is 4.79 Å². The molecule has 0 aliphatic rings. The topological polar surface area (TPSA) is 58.1 Å². The minimum absolute atomic E-state index is 0.216. The fourth-order valence-electron chi connectivity index (χ4n) is 2.58. The Morgan fingerprint density at radius 3 is 2.12 bits per heavy atom. The number of carbonyl (C=O) groups excluding carboxylic acids is 1. The summed E-state index contributed by atoms with van der Waals surface area (Å²) in [5.41, 5.74) is 4.28. The zero-order valence-corrected chi connectivity index (χ0v) is 14.5. The van der Waals surface area contributed by atoms with E-state index >= 15 is 0 Å². The van der Waals surface area contributed by atoms with Crippen LogP contribution in [-0.4, -0.2) is 22.9 Å². The van der Waals surface area contributed by atoms with E-state index < -0.39 is 0 Å². The second-order valence-corrected chi connectivity index (χ2v) is 5.89. The molecule has 0 aliphatic heterocycles. The smallest absolute Gasteiger partial charge is 0.258 e.